The molecule has 0 atom stereocenters. The first kappa shape index (κ1) is 14.1. The van der Waals surface area contributed by atoms with Crippen molar-refractivity contribution in [2.45, 2.75) is 64.7 Å². The van der Waals surface area contributed by atoms with Gasteiger partial charge in [0.1, 0.15) is 0 Å². The van der Waals surface area contributed by atoms with Gasteiger partial charge in [0.15, 0.2) is 0 Å². The summed E-state index contributed by atoms with van der Waals surface area (Å²) in [4.78, 5) is 0. The molecule has 0 N–H and O–H groups in total. The lowest BCUT2D eigenvalue weighted by Gasteiger charge is -1.99. The predicted octanol–water partition coefficient (Wildman–Crippen LogP) is 5.39. The van der Waals surface area contributed by atoms with Gasteiger partial charge in [-0.15, -0.1) is 11.8 Å². The molecule has 0 fully saturated rings. The summed E-state index contributed by atoms with van der Waals surface area (Å²) in [6.45, 7) is 2.28. The molecule has 0 radical (unpaired) electrons. The molecular weight excluding hydrogens is 188 g/mol. The van der Waals surface area contributed by atoms with E-state index in [9.17, 15) is 0 Å². The standard InChI is InChI=1S/C13H26S/c1-3-4-5-6-7-8-9-10-11-12-13-14-2/h12-13H,3-11H2,1-2H3/b13-12-. The van der Waals surface area contributed by atoms with Crippen molar-refractivity contribution >= 4 is 11.8 Å². The van der Waals surface area contributed by atoms with Crippen molar-refractivity contribution in [3.63, 3.8) is 0 Å². The highest BCUT2D eigenvalue weighted by molar-refractivity contribution is 8.01. The molecular formula is C13H26S. The monoisotopic (exact) mass is 214 g/mol. The summed E-state index contributed by atoms with van der Waals surface area (Å²) in [5.41, 5.74) is 0. The van der Waals surface area contributed by atoms with E-state index in [1.165, 1.54) is 57.8 Å². The molecule has 0 aliphatic rings. The fraction of sp³-hybridized carbons (Fsp3) is 0.846. The molecule has 0 aliphatic heterocycles. The lowest BCUT2D eigenvalue weighted by atomic mass is 10.1. The van der Waals surface area contributed by atoms with E-state index in [1.54, 1.807) is 11.8 Å². The van der Waals surface area contributed by atoms with E-state index in [0.717, 1.165) is 0 Å². The van der Waals surface area contributed by atoms with E-state index in [0.29, 0.717) is 0 Å². The molecule has 0 aromatic rings. The Morgan fingerprint density at radius 2 is 1.43 bits per heavy atom. The van der Waals surface area contributed by atoms with Crippen LogP contribution in [0.2, 0.25) is 0 Å². The quantitative estimate of drug-likeness (QED) is 0.439. The van der Waals surface area contributed by atoms with Gasteiger partial charge in [0.25, 0.3) is 0 Å². The van der Waals surface area contributed by atoms with Crippen molar-refractivity contribution in [3.8, 4) is 0 Å². The van der Waals surface area contributed by atoms with Crippen LogP contribution >= 0.6 is 11.8 Å². The summed E-state index contributed by atoms with van der Waals surface area (Å²) in [5, 5.41) is 2.20. The number of unbranched alkanes of at least 4 members (excludes halogenated alkanes) is 8. The van der Waals surface area contributed by atoms with Gasteiger partial charge in [-0.3, -0.25) is 0 Å². The normalized spacial score (nSPS) is 11.3. The predicted molar refractivity (Wildman–Crippen MR) is 69.9 cm³/mol. The number of hydrogen-bond acceptors (Lipinski definition) is 1. The maximum Gasteiger partial charge on any atom is -0.0142 e. The summed E-state index contributed by atoms with van der Waals surface area (Å²) in [5.74, 6) is 0. The summed E-state index contributed by atoms with van der Waals surface area (Å²) < 4.78 is 0. The Morgan fingerprint density at radius 1 is 0.857 bits per heavy atom. The minimum atomic E-state index is 1.27. The van der Waals surface area contributed by atoms with E-state index < -0.39 is 0 Å². The Kier molecular flexibility index (Phi) is 13.2. The van der Waals surface area contributed by atoms with Crippen molar-refractivity contribution in [1.29, 1.82) is 0 Å². The van der Waals surface area contributed by atoms with E-state index in [4.69, 9.17) is 0 Å². The van der Waals surface area contributed by atoms with Gasteiger partial charge in [-0.1, -0.05) is 57.9 Å². The Bertz CT molecular complexity index is 118. The molecule has 0 saturated heterocycles. The number of thioether (sulfide) groups is 1. The van der Waals surface area contributed by atoms with E-state index >= 15 is 0 Å². The van der Waals surface area contributed by atoms with Crippen LogP contribution in [0.1, 0.15) is 64.7 Å². The summed E-state index contributed by atoms with van der Waals surface area (Å²) in [7, 11) is 0. The van der Waals surface area contributed by atoms with Crippen molar-refractivity contribution in [3.05, 3.63) is 11.5 Å². The van der Waals surface area contributed by atoms with Gasteiger partial charge in [0, 0.05) is 0 Å². The zero-order chi connectivity index (χ0) is 10.5. The van der Waals surface area contributed by atoms with Crippen molar-refractivity contribution in [1.82, 2.24) is 0 Å². The summed E-state index contributed by atoms with van der Waals surface area (Å²) >= 11 is 1.80. The van der Waals surface area contributed by atoms with E-state index in [1.807, 2.05) is 0 Å². The molecule has 0 aliphatic carbocycles. The van der Waals surface area contributed by atoms with E-state index in [-0.39, 0.29) is 0 Å². The molecule has 0 saturated carbocycles. The van der Waals surface area contributed by atoms with Crippen LogP contribution in [0.25, 0.3) is 0 Å². The third kappa shape index (κ3) is 12.1. The first-order valence-electron chi connectivity index (χ1n) is 6.09. The minimum Gasteiger partial charge on any atom is -0.138 e. The van der Waals surface area contributed by atoms with Crippen LogP contribution in [0.4, 0.5) is 0 Å². The first-order valence-corrected chi connectivity index (χ1v) is 7.38. The minimum absolute atomic E-state index is 1.27. The van der Waals surface area contributed by atoms with Crippen molar-refractivity contribution < 1.29 is 0 Å². The van der Waals surface area contributed by atoms with Gasteiger partial charge in [-0.25, -0.2) is 0 Å². The highest BCUT2D eigenvalue weighted by Gasteiger charge is 1.89. The van der Waals surface area contributed by atoms with Crippen LogP contribution in [0.3, 0.4) is 0 Å². The van der Waals surface area contributed by atoms with Crippen LogP contribution < -0.4 is 0 Å². The average molecular weight is 214 g/mol. The largest absolute Gasteiger partial charge is 0.138 e. The highest BCUT2D eigenvalue weighted by atomic mass is 32.2. The molecule has 84 valence electrons. The first-order chi connectivity index (χ1) is 6.91. The molecule has 0 rings (SSSR count). The van der Waals surface area contributed by atoms with Gasteiger partial charge < -0.3 is 0 Å². The highest BCUT2D eigenvalue weighted by Crippen LogP contribution is 2.10. The molecule has 0 bridgehead atoms. The third-order valence-electron chi connectivity index (χ3n) is 2.46. The molecule has 14 heavy (non-hydrogen) atoms. The van der Waals surface area contributed by atoms with E-state index in [2.05, 4.69) is 24.7 Å². The van der Waals surface area contributed by atoms with Gasteiger partial charge in [-0.05, 0) is 24.5 Å². The van der Waals surface area contributed by atoms with Gasteiger partial charge in [0.2, 0.25) is 0 Å². The Hall–Kier alpha value is 0.0900. The fourth-order valence-corrected chi connectivity index (χ4v) is 1.89. The molecule has 0 heterocycles. The molecule has 0 spiro atoms. The molecule has 0 aromatic heterocycles. The molecule has 0 aromatic carbocycles. The summed E-state index contributed by atoms with van der Waals surface area (Å²) in [6.07, 6.45) is 17.1. The van der Waals surface area contributed by atoms with Gasteiger partial charge >= 0.3 is 0 Å². The third-order valence-corrected chi connectivity index (χ3v) is 2.92. The second-order valence-corrected chi connectivity index (χ2v) is 4.61. The zero-order valence-electron chi connectivity index (χ0n) is 9.93. The van der Waals surface area contributed by atoms with Crippen molar-refractivity contribution in [2.24, 2.45) is 0 Å². The van der Waals surface area contributed by atoms with Crippen LogP contribution in [-0.2, 0) is 0 Å². The molecule has 1 heteroatoms. The average Bonchev–Trinajstić information content (AvgIpc) is 2.21. The Morgan fingerprint density at radius 3 is 2.00 bits per heavy atom. The van der Waals surface area contributed by atoms with Crippen molar-refractivity contribution in [2.75, 3.05) is 6.26 Å². The van der Waals surface area contributed by atoms with Crippen LogP contribution in [0, 0.1) is 0 Å². The zero-order valence-corrected chi connectivity index (χ0v) is 10.7. The van der Waals surface area contributed by atoms with Gasteiger partial charge in [0.05, 0.1) is 0 Å². The smallest absolute Gasteiger partial charge is 0.0142 e. The lowest BCUT2D eigenvalue weighted by molar-refractivity contribution is 0.578. The molecule has 0 unspecified atom stereocenters. The van der Waals surface area contributed by atoms with Crippen LogP contribution in [-0.4, -0.2) is 6.26 Å². The van der Waals surface area contributed by atoms with Gasteiger partial charge in [-0.2, -0.15) is 0 Å². The number of hydrogen-bond donors (Lipinski definition) is 0. The number of rotatable bonds is 10. The van der Waals surface area contributed by atoms with Crippen LogP contribution in [0.5, 0.6) is 0 Å². The molecule has 0 amide bonds. The Balaban J connectivity index is 2.88. The fourth-order valence-electron chi connectivity index (χ4n) is 1.56. The summed E-state index contributed by atoms with van der Waals surface area (Å²) in [6, 6.07) is 0. The maximum absolute atomic E-state index is 2.29. The lowest BCUT2D eigenvalue weighted by Crippen LogP contribution is -1.79. The SMILES string of the molecule is CCCCCCCCCC/C=C\SC. The van der Waals surface area contributed by atoms with Crippen LogP contribution in [0.15, 0.2) is 11.5 Å². The second-order valence-electron chi connectivity index (χ2n) is 3.87. The topological polar surface area (TPSA) is 0 Å². The Labute approximate surface area is 94.6 Å². The number of allylic oxidation sites excluding steroid dienone is 1. The second kappa shape index (κ2) is 13.1. The molecule has 0 nitrogen and oxygen atoms in total. The maximum atomic E-state index is 2.29.